The van der Waals surface area contributed by atoms with Crippen molar-refractivity contribution in [2.24, 2.45) is 0 Å². The zero-order valence-electron chi connectivity index (χ0n) is 10.8. The van der Waals surface area contributed by atoms with Crippen LogP contribution in [0.5, 0.6) is 5.75 Å². The predicted molar refractivity (Wildman–Crippen MR) is 69.9 cm³/mol. The molecule has 0 bridgehead atoms. The number of hydrogen-bond donors (Lipinski definition) is 1. The van der Waals surface area contributed by atoms with Gasteiger partial charge in [0.2, 0.25) is 5.60 Å². The largest absolute Gasteiger partial charge is 0.478 e. The van der Waals surface area contributed by atoms with Gasteiger partial charge in [-0.3, -0.25) is 0 Å². The first-order valence-electron chi connectivity index (χ1n) is 6.62. The molecule has 1 aromatic carbocycles. The van der Waals surface area contributed by atoms with Crippen molar-refractivity contribution in [2.45, 2.75) is 51.0 Å². The molecule has 0 amide bonds. The van der Waals surface area contributed by atoms with E-state index in [9.17, 15) is 9.90 Å². The third-order valence-corrected chi connectivity index (χ3v) is 3.70. The summed E-state index contributed by atoms with van der Waals surface area (Å²) in [5, 5.41) is 9.54. The molecule has 1 aliphatic carbocycles. The first-order valence-corrected chi connectivity index (χ1v) is 6.62. The van der Waals surface area contributed by atoms with E-state index in [2.05, 4.69) is 0 Å². The number of ether oxygens (including phenoxy) is 1. The molecule has 1 fully saturated rings. The van der Waals surface area contributed by atoms with Crippen molar-refractivity contribution in [1.82, 2.24) is 0 Å². The molecule has 18 heavy (non-hydrogen) atoms. The predicted octanol–water partition coefficient (Wildman–Crippen LogP) is 3.55. The molecule has 0 unspecified atom stereocenters. The van der Waals surface area contributed by atoms with Crippen molar-refractivity contribution < 1.29 is 14.6 Å². The second-order valence-electron chi connectivity index (χ2n) is 5.08. The highest BCUT2D eigenvalue weighted by molar-refractivity contribution is 5.78. The van der Waals surface area contributed by atoms with Crippen molar-refractivity contribution in [2.75, 3.05) is 0 Å². The molecule has 3 nitrogen and oxygen atoms in total. The molecular formula is C15H20O3. The molecule has 1 N–H and O–H groups in total. The normalized spacial score (nSPS) is 18.9. The second-order valence-corrected chi connectivity index (χ2v) is 5.08. The standard InChI is InChI=1S/C15H20O3/c1-12-8-4-5-9-13(12)18-15(14(16)17)10-6-2-3-7-11-15/h4-5,8-9H,2-3,6-7,10-11H2,1H3,(H,16,17). The highest BCUT2D eigenvalue weighted by atomic mass is 16.5. The Morgan fingerprint density at radius 2 is 1.78 bits per heavy atom. The molecule has 0 radical (unpaired) electrons. The number of carboxylic acids is 1. The van der Waals surface area contributed by atoms with Crippen LogP contribution in [0, 0.1) is 6.92 Å². The van der Waals surface area contributed by atoms with Crippen LogP contribution in [0.2, 0.25) is 0 Å². The Bertz CT molecular complexity index is 418. The number of carboxylic acid groups (broad SMARTS) is 1. The molecule has 2 rings (SSSR count). The summed E-state index contributed by atoms with van der Waals surface area (Å²) in [5.41, 5.74) is -0.0369. The quantitative estimate of drug-likeness (QED) is 0.832. The third kappa shape index (κ3) is 2.66. The van der Waals surface area contributed by atoms with Gasteiger partial charge in [0.1, 0.15) is 5.75 Å². The smallest absolute Gasteiger partial charge is 0.348 e. The Hall–Kier alpha value is -1.51. The second kappa shape index (κ2) is 5.42. The lowest BCUT2D eigenvalue weighted by Crippen LogP contribution is -2.44. The van der Waals surface area contributed by atoms with Gasteiger partial charge in [-0.25, -0.2) is 4.79 Å². The number of hydrogen-bond acceptors (Lipinski definition) is 2. The van der Waals surface area contributed by atoms with Gasteiger partial charge in [0.15, 0.2) is 0 Å². The molecule has 0 heterocycles. The molecule has 0 atom stereocenters. The van der Waals surface area contributed by atoms with Crippen LogP contribution < -0.4 is 4.74 Å². The van der Waals surface area contributed by atoms with E-state index >= 15 is 0 Å². The summed E-state index contributed by atoms with van der Waals surface area (Å²) in [6.45, 7) is 1.95. The number of rotatable bonds is 3. The molecule has 0 saturated heterocycles. The van der Waals surface area contributed by atoms with Crippen molar-refractivity contribution in [3.8, 4) is 5.75 Å². The number of para-hydroxylation sites is 1. The molecule has 0 aromatic heterocycles. The van der Waals surface area contributed by atoms with Crippen LogP contribution in [0.3, 0.4) is 0 Å². The van der Waals surface area contributed by atoms with E-state index in [1.807, 2.05) is 31.2 Å². The van der Waals surface area contributed by atoms with Crippen LogP contribution in [0.15, 0.2) is 24.3 Å². The minimum atomic E-state index is -1.03. The average Bonchev–Trinajstić information content (AvgIpc) is 2.59. The zero-order valence-corrected chi connectivity index (χ0v) is 10.8. The highest BCUT2D eigenvalue weighted by Crippen LogP contribution is 2.33. The van der Waals surface area contributed by atoms with Gasteiger partial charge in [-0.05, 0) is 44.2 Å². The van der Waals surface area contributed by atoms with E-state index in [-0.39, 0.29) is 0 Å². The molecule has 1 saturated carbocycles. The van der Waals surface area contributed by atoms with Crippen LogP contribution in [0.4, 0.5) is 0 Å². The van der Waals surface area contributed by atoms with Crippen LogP contribution >= 0.6 is 0 Å². The number of aryl methyl sites for hydroxylation is 1. The lowest BCUT2D eigenvalue weighted by molar-refractivity contribution is -0.156. The Kier molecular flexibility index (Phi) is 3.90. The SMILES string of the molecule is Cc1ccccc1OC1(C(=O)O)CCCCCC1. The summed E-state index contributed by atoms with van der Waals surface area (Å²) < 4.78 is 5.92. The van der Waals surface area contributed by atoms with Gasteiger partial charge in [-0.1, -0.05) is 31.0 Å². The molecule has 0 spiro atoms. The first kappa shape index (κ1) is 12.9. The summed E-state index contributed by atoms with van der Waals surface area (Å²) in [5.74, 6) is -0.130. The fourth-order valence-electron chi connectivity index (χ4n) is 2.54. The lowest BCUT2D eigenvalue weighted by Gasteiger charge is -2.29. The van der Waals surface area contributed by atoms with Gasteiger partial charge in [-0.15, -0.1) is 0 Å². The highest BCUT2D eigenvalue weighted by Gasteiger charge is 2.41. The van der Waals surface area contributed by atoms with Crippen LogP contribution in [-0.2, 0) is 4.79 Å². The Morgan fingerprint density at radius 1 is 1.17 bits per heavy atom. The van der Waals surface area contributed by atoms with Gasteiger partial charge >= 0.3 is 5.97 Å². The minimum absolute atomic E-state index is 0.608. The van der Waals surface area contributed by atoms with Gasteiger partial charge in [0.25, 0.3) is 0 Å². The molecule has 3 heteroatoms. The lowest BCUT2D eigenvalue weighted by atomic mass is 9.94. The van der Waals surface area contributed by atoms with Crippen molar-refractivity contribution in [3.63, 3.8) is 0 Å². The van der Waals surface area contributed by atoms with E-state index in [1.54, 1.807) is 0 Å². The van der Waals surface area contributed by atoms with E-state index < -0.39 is 11.6 Å². The molecule has 98 valence electrons. The van der Waals surface area contributed by atoms with E-state index in [0.717, 1.165) is 31.2 Å². The fraction of sp³-hybridized carbons (Fsp3) is 0.533. The number of carbonyl (C=O) groups is 1. The van der Waals surface area contributed by atoms with Crippen molar-refractivity contribution in [3.05, 3.63) is 29.8 Å². The van der Waals surface area contributed by atoms with Crippen molar-refractivity contribution in [1.29, 1.82) is 0 Å². The van der Waals surface area contributed by atoms with Crippen LogP contribution in [0.1, 0.15) is 44.1 Å². The van der Waals surface area contributed by atoms with E-state index in [0.29, 0.717) is 18.6 Å². The van der Waals surface area contributed by atoms with Crippen LogP contribution in [0.25, 0.3) is 0 Å². The first-order chi connectivity index (χ1) is 8.64. The van der Waals surface area contributed by atoms with Gasteiger partial charge in [-0.2, -0.15) is 0 Å². The van der Waals surface area contributed by atoms with Crippen molar-refractivity contribution >= 4 is 5.97 Å². The average molecular weight is 248 g/mol. The number of benzene rings is 1. The van der Waals surface area contributed by atoms with Gasteiger partial charge in [0, 0.05) is 0 Å². The Labute approximate surface area is 108 Å². The molecular weight excluding hydrogens is 228 g/mol. The summed E-state index contributed by atoms with van der Waals surface area (Å²) in [6, 6.07) is 7.61. The molecule has 1 aliphatic rings. The van der Waals surface area contributed by atoms with Crippen LogP contribution in [-0.4, -0.2) is 16.7 Å². The topological polar surface area (TPSA) is 46.5 Å². The minimum Gasteiger partial charge on any atom is -0.478 e. The maximum atomic E-state index is 11.6. The Morgan fingerprint density at radius 3 is 2.33 bits per heavy atom. The molecule has 0 aliphatic heterocycles. The third-order valence-electron chi connectivity index (χ3n) is 3.70. The summed E-state index contributed by atoms with van der Waals surface area (Å²) in [4.78, 5) is 11.6. The van der Waals surface area contributed by atoms with Gasteiger partial charge in [0.05, 0.1) is 0 Å². The maximum absolute atomic E-state index is 11.6. The van der Waals surface area contributed by atoms with E-state index in [1.165, 1.54) is 0 Å². The summed E-state index contributed by atoms with van der Waals surface area (Å²) >= 11 is 0. The maximum Gasteiger partial charge on any atom is 0.348 e. The monoisotopic (exact) mass is 248 g/mol. The van der Waals surface area contributed by atoms with Gasteiger partial charge < -0.3 is 9.84 Å². The van der Waals surface area contributed by atoms with E-state index in [4.69, 9.17) is 4.74 Å². The number of aliphatic carboxylic acids is 1. The summed E-state index contributed by atoms with van der Waals surface area (Å²) in [6.07, 6.45) is 5.28. The molecule has 1 aromatic rings. The summed E-state index contributed by atoms with van der Waals surface area (Å²) in [7, 11) is 0. The Balaban J connectivity index is 2.25. The zero-order chi connectivity index (χ0) is 13.0. The fourth-order valence-corrected chi connectivity index (χ4v) is 2.54.